The third kappa shape index (κ3) is 2.20. The van der Waals surface area contributed by atoms with Crippen LogP contribution in [0.25, 0.3) is 10.9 Å². The topological polar surface area (TPSA) is 42.9 Å². The summed E-state index contributed by atoms with van der Waals surface area (Å²) in [6.45, 7) is 0. The third-order valence-electron chi connectivity index (χ3n) is 2.80. The van der Waals surface area contributed by atoms with Gasteiger partial charge in [0.1, 0.15) is 11.5 Å². The first-order valence-corrected chi connectivity index (χ1v) is 5.75. The van der Waals surface area contributed by atoms with Crippen LogP contribution in [0, 0.1) is 5.82 Å². The zero-order valence-electron chi connectivity index (χ0n) is 9.88. The number of carbonyl (C=O) groups excluding carboxylic acids is 1. The third-order valence-corrected chi connectivity index (χ3v) is 2.80. The summed E-state index contributed by atoms with van der Waals surface area (Å²) in [5.41, 5.74) is 1.21. The maximum absolute atomic E-state index is 13.1. The smallest absolute Gasteiger partial charge is 0.213 e. The van der Waals surface area contributed by atoms with E-state index < -0.39 is 5.82 Å². The molecule has 0 spiro atoms. The number of hydrogen-bond acceptors (Lipinski definition) is 3. The minimum atomic E-state index is -0.536. The average molecular weight is 252 g/mol. The van der Waals surface area contributed by atoms with Crippen LogP contribution in [0.5, 0.6) is 0 Å². The van der Waals surface area contributed by atoms with Crippen molar-refractivity contribution in [1.82, 2.24) is 9.97 Å². The molecular weight excluding hydrogens is 243 g/mol. The normalized spacial score (nSPS) is 10.6. The fraction of sp³-hybridized carbons (Fsp3) is 0. The Hall–Kier alpha value is -2.62. The summed E-state index contributed by atoms with van der Waals surface area (Å²) in [4.78, 5) is 20.1. The molecule has 0 radical (unpaired) electrons. The van der Waals surface area contributed by atoms with Crippen molar-refractivity contribution in [2.45, 2.75) is 0 Å². The van der Waals surface area contributed by atoms with Crippen LogP contribution in [0.3, 0.4) is 0 Å². The van der Waals surface area contributed by atoms with E-state index >= 15 is 0 Å². The number of aromatic nitrogens is 2. The predicted octanol–water partition coefficient (Wildman–Crippen LogP) is 3.00. The molecule has 3 rings (SSSR count). The molecule has 3 aromatic rings. The molecule has 0 N–H and O–H groups in total. The highest BCUT2D eigenvalue weighted by molar-refractivity contribution is 6.08. The Kier molecular flexibility index (Phi) is 2.76. The summed E-state index contributed by atoms with van der Waals surface area (Å²) in [5.74, 6) is -0.871. The van der Waals surface area contributed by atoms with Gasteiger partial charge in [0.2, 0.25) is 5.78 Å². The van der Waals surface area contributed by atoms with Gasteiger partial charge in [-0.05, 0) is 18.2 Å². The number of carbonyl (C=O) groups is 1. The lowest BCUT2D eigenvalue weighted by molar-refractivity contribution is 0.103. The maximum Gasteiger partial charge on any atom is 0.213 e. The number of rotatable bonds is 2. The lowest BCUT2D eigenvalue weighted by Gasteiger charge is -2.02. The van der Waals surface area contributed by atoms with Crippen LogP contribution in [-0.4, -0.2) is 15.8 Å². The van der Waals surface area contributed by atoms with Crippen LogP contribution in [0.15, 0.2) is 54.9 Å². The number of hydrogen-bond donors (Lipinski definition) is 0. The minimum absolute atomic E-state index is 0.197. The Morgan fingerprint density at radius 2 is 1.89 bits per heavy atom. The largest absolute Gasteiger partial charge is 0.287 e. The van der Waals surface area contributed by atoms with Crippen molar-refractivity contribution >= 4 is 16.7 Å². The first-order chi connectivity index (χ1) is 9.24. The number of halogens is 1. The van der Waals surface area contributed by atoms with Crippen molar-refractivity contribution in [3.05, 3.63) is 71.9 Å². The summed E-state index contributed by atoms with van der Waals surface area (Å²) in [6, 6.07) is 12.1. The van der Waals surface area contributed by atoms with Crippen LogP contribution in [0.4, 0.5) is 4.39 Å². The summed E-state index contributed by atoms with van der Waals surface area (Å²) in [7, 11) is 0. The minimum Gasteiger partial charge on any atom is -0.287 e. The van der Waals surface area contributed by atoms with Gasteiger partial charge in [-0.15, -0.1) is 0 Å². The highest BCUT2D eigenvalue weighted by Gasteiger charge is 2.12. The van der Waals surface area contributed by atoms with Crippen molar-refractivity contribution in [3.8, 4) is 0 Å². The SMILES string of the molecule is O=C(c1cncc(F)c1)c1ccc2ccccc2n1. The standard InChI is InChI=1S/C15H9FN2O/c16-12-7-11(8-17-9-12)15(19)14-6-5-10-3-1-2-4-13(10)18-14/h1-9H. The van der Waals surface area contributed by atoms with Crippen LogP contribution < -0.4 is 0 Å². The molecule has 0 aliphatic carbocycles. The zero-order valence-corrected chi connectivity index (χ0v) is 9.88. The molecule has 0 bridgehead atoms. The van der Waals surface area contributed by atoms with Crippen molar-refractivity contribution in [3.63, 3.8) is 0 Å². The van der Waals surface area contributed by atoms with E-state index in [1.54, 1.807) is 6.07 Å². The molecule has 0 saturated heterocycles. The Morgan fingerprint density at radius 3 is 2.74 bits per heavy atom. The van der Waals surface area contributed by atoms with Gasteiger partial charge in [-0.2, -0.15) is 0 Å². The average Bonchev–Trinajstić information content (AvgIpc) is 2.46. The van der Waals surface area contributed by atoms with E-state index in [0.717, 1.165) is 23.2 Å². The highest BCUT2D eigenvalue weighted by atomic mass is 19.1. The van der Waals surface area contributed by atoms with Crippen LogP contribution in [0.2, 0.25) is 0 Å². The fourth-order valence-corrected chi connectivity index (χ4v) is 1.88. The van der Waals surface area contributed by atoms with E-state index in [1.807, 2.05) is 30.3 Å². The van der Waals surface area contributed by atoms with Crippen molar-refractivity contribution in [1.29, 1.82) is 0 Å². The first kappa shape index (κ1) is 11.5. The lowest BCUT2D eigenvalue weighted by atomic mass is 10.1. The molecule has 19 heavy (non-hydrogen) atoms. The number of para-hydroxylation sites is 1. The molecule has 1 aromatic carbocycles. The second-order valence-electron chi connectivity index (χ2n) is 4.11. The van der Waals surface area contributed by atoms with Crippen molar-refractivity contribution in [2.24, 2.45) is 0 Å². The number of pyridine rings is 2. The van der Waals surface area contributed by atoms with E-state index in [0.29, 0.717) is 0 Å². The molecule has 0 atom stereocenters. The molecule has 3 nitrogen and oxygen atoms in total. The van der Waals surface area contributed by atoms with E-state index in [4.69, 9.17) is 0 Å². The molecule has 0 saturated carbocycles. The van der Waals surface area contributed by atoms with Gasteiger partial charge in [0.25, 0.3) is 0 Å². The van der Waals surface area contributed by atoms with Crippen LogP contribution in [-0.2, 0) is 0 Å². The number of nitrogens with zero attached hydrogens (tertiary/aromatic N) is 2. The summed E-state index contributed by atoms with van der Waals surface area (Å²) in [5, 5.41) is 0.955. The molecule has 0 amide bonds. The number of benzene rings is 1. The molecule has 4 heteroatoms. The van der Waals surface area contributed by atoms with Gasteiger partial charge in [0.15, 0.2) is 0 Å². The monoisotopic (exact) mass is 252 g/mol. The summed E-state index contributed by atoms with van der Waals surface area (Å²) >= 11 is 0. The van der Waals surface area contributed by atoms with E-state index in [9.17, 15) is 9.18 Å². The second-order valence-corrected chi connectivity index (χ2v) is 4.11. The Bertz CT molecular complexity index is 771. The maximum atomic E-state index is 13.1. The molecular formula is C15H9FN2O. The summed E-state index contributed by atoms with van der Waals surface area (Å²) < 4.78 is 13.1. The quantitative estimate of drug-likeness (QED) is 0.658. The number of ketones is 1. The van der Waals surface area contributed by atoms with Crippen LogP contribution >= 0.6 is 0 Å². The van der Waals surface area contributed by atoms with E-state index in [2.05, 4.69) is 9.97 Å². The van der Waals surface area contributed by atoms with Gasteiger partial charge >= 0.3 is 0 Å². The molecule has 2 heterocycles. The van der Waals surface area contributed by atoms with E-state index in [1.165, 1.54) is 6.20 Å². The van der Waals surface area contributed by atoms with Gasteiger partial charge < -0.3 is 0 Å². The molecule has 0 fully saturated rings. The number of fused-ring (bicyclic) bond motifs is 1. The van der Waals surface area contributed by atoms with Gasteiger partial charge in [0.05, 0.1) is 11.7 Å². The molecule has 0 unspecified atom stereocenters. The van der Waals surface area contributed by atoms with Crippen molar-refractivity contribution in [2.75, 3.05) is 0 Å². The molecule has 92 valence electrons. The first-order valence-electron chi connectivity index (χ1n) is 5.75. The van der Waals surface area contributed by atoms with Gasteiger partial charge in [0, 0.05) is 17.1 Å². The second kappa shape index (κ2) is 4.57. The molecule has 0 aliphatic rings. The molecule has 2 aromatic heterocycles. The predicted molar refractivity (Wildman–Crippen MR) is 69.4 cm³/mol. The Labute approximate surface area is 108 Å². The van der Waals surface area contributed by atoms with Crippen LogP contribution in [0.1, 0.15) is 16.1 Å². The van der Waals surface area contributed by atoms with E-state index in [-0.39, 0.29) is 17.0 Å². The zero-order chi connectivity index (χ0) is 13.2. The van der Waals surface area contributed by atoms with Gasteiger partial charge in [-0.3, -0.25) is 9.78 Å². The Morgan fingerprint density at radius 1 is 1.05 bits per heavy atom. The van der Waals surface area contributed by atoms with Gasteiger partial charge in [-0.1, -0.05) is 24.3 Å². The summed E-state index contributed by atoms with van der Waals surface area (Å²) in [6.07, 6.45) is 2.40. The van der Waals surface area contributed by atoms with Crippen molar-refractivity contribution < 1.29 is 9.18 Å². The highest BCUT2D eigenvalue weighted by Crippen LogP contribution is 2.14. The van der Waals surface area contributed by atoms with Gasteiger partial charge in [-0.25, -0.2) is 9.37 Å². The fourth-order valence-electron chi connectivity index (χ4n) is 1.88. The Balaban J connectivity index is 2.06. The lowest BCUT2D eigenvalue weighted by Crippen LogP contribution is -2.05. The molecule has 0 aliphatic heterocycles.